The van der Waals surface area contributed by atoms with Gasteiger partial charge in [-0.15, -0.1) is 0 Å². The molecule has 1 amide bonds. The second kappa shape index (κ2) is 7.23. The van der Waals surface area contributed by atoms with E-state index < -0.39 is 5.60 Å². The van der Waals surface area contributed by atoms with Crippen LogP contribution in [-0.4, -0.2) is 36.2 Å². The predicted octanol–water partition coefficient (Wildman–Crippen LogP) is 4.40. The Labute approximate surface area is 137 Å². The van der Waals surface area contributed by atoms with E-state index in [1.807, 2.05) is 49.9 Å². The molecule has 122 valence electrons. The Balaban J connectivity index is 1.84. The molecular weight excluding hydrogens is 300 g/mol. The molecule has 0 radical (unpaired) electrons. The van der Waals surface area contributed by atoms with Crippen LogP contribution in [0.3, 0.4) is 0 Å². The van der Waals surface area contributed by atoms with Crippen molar-refractivity contribution in [3.63, 3.8) is 0 Å². The third-order valence-electron chi connectivity index (χ3n) is 3.59. The first-order chi connectivity index (χ1) is 10.3. The summed E-state index contributed by atoms with van der Waals surface area (Å²) >= 11 is 5.98. The zero-order chi connectivity index (χ0) is 16.2. The van der Waals surface area contributed by atoms with E-state index in [1.165, 1.54) is 0 Å². The largest absolute Gasteiger partial charge is 0.444 e. The lowest BCUT2D eigenvalue weighted by molar-refractivity contribution is 0.0172. The number of likely N-dealkylation sites (tertiary alicyclic amines) is 1. The van der Waals surface area contributed by atoms with Gasteiger partial charge in [0, 0.05) is 30.3 Å². The Kier molecular flexibility index (Phi) is 5.57. The maximum Gasteiger partial charge on any atom is 0.410 e. The van der Waals surface area contributed by atoms with Gasteiger partial charge in [0.05, 0.1) is 0 Å². The van der Waals surface area contributed by atoms with Crippen molar-refractivity contribution in [2.75, 3.05) is 25.0 Å². The topological polar surface area (TPSA) is 41.6 Å². The third-order valence-corrected chi connectivity index (χ3v) is 3.83. The molecule has 0 aromatic heterocycles. The molecule has 1 unspecified atom stereocenters. The number of hydrogen-bond acceptors (Lipinski definition) is 3. The quantitative estimate of drug-likeness (QED) is 0.896. The molecule has 1 aliphatic rings. The molecule has 1 saturated heterocycles. The summed E-state index contributed by atoms with van der Waals surface area (Å²) in [5.41, 5.74) is 0.574. The van der Waals surface area contributed by atoms with Gasteiger partial charge in [0.2, 0.25) is 0 Å². The fourth-order valence-corrected chi connectivity index (χ4v) is 2.77. The zero-order valence-electron chi connectivity index (χ0n) is 13.6. The van der Waals surface area contributed by atoms with E-state index in [0.717, 1.165) is 43.2 Å². The molecule has 5 heteroatoms. The van der Waals surface area contributed by atoms with Crippen LogP contribution in [0.1, 0.15) is 33.6 Å². The van der Waals surface area contributed by atoms with E-state index in [2.05, 4.69) is 5.32 Å². The molecule has 0 bridgehead atoms. The Bertz CT molecular complexity index is 514. The van der Waals surface area contributed by atoms with E-state index >= 15 is 0 Å². The van der Waals surface area contributed by atoms with Gasteiger partial charge in [-0.2, -0.15) is 0 Å². The standard InChI is InChI=1S/C17H25ClN2O2/c1-17(2,3)22-16(21)20-9-5-6-13(12-20)11-19-15-8-4-7-14(18)10-15/h4,7-8,10,13,19H,5-6,9,11-12H2,1-3H3. The monoisotopic (exact) mass is 324 g/mol. The summed E-state index contributed by atoms with van der Waals surface area (Å²) in [5, 5.41) is 4.13. The van der Waals surface area contributed by atoms with Crippen molar-refractivity contribution in [1.82, 2.24) is 4.90 Å². The van der Waals surface area contributed by atoms with Gasteiger partial charge in [-0.25, -0.2) is 4.79 Å². The van der Waals surface area contributed by atoms with E-state index in [1.54, 1.807) is 0 Å². The fourth-order valence-electron chi connectivity index (χ4n) is 2.58. The molecule has 4 nitrogen and oxygen atoms in total. The molecule has 1 heterocycles. The summed E-state index contributed by atoms with van der Waals surface area (Å²) in [7, 11) is 0. The predicted molar refractivity (Wildman–Crippen MR) is 90.5 cm³/mol. The Morgan fingerprint density at radius 2 is 2.23 bits per heavy atom. The Morgan fingerprint density at radius 3 is 2.91 bits per heavy atom. The molecule has 2 rings (SSSR count). The molecule has 1 fully saturated rings. The van der Waals surface area contributed by atoms with Crippen molar-refractivity contribution < 1.29 is 9.53 Å². The minimum atomic E-state index is -0.441. The zero-order valence-corrected chi connectivity index (χ0v) is 14.3. The van der Waals surface area contributed by atoms with Crippen molar-refractivity contribution >= 4 is 23.4 Å². The molecule has 1 atom stereocenters. The molecule has 1 aromatic carbocycles. The van der Waals surface area contributed by atoms with Crippen LogP contribution in [0.4, 0.5) is 10.5 Å². The van der Waals surface area contributed by atoms with Crippen LogP contribution in [-0.2, 0) is 4.74 Å². The van der Waals surface area contributed by atoms with Crippen LogP contribution in [0.15, 0.2) is 24.3 Å². The highest BCUT2D eigenvalue weighted by Crippen LogP contribution is 2.21. The number of anilines is 1. The smallest absolute Gasteiger partial charge is 0.410 e. The van der Waals surface area contributed by atoms with Crippen molar-refractivity contribution in [1.29, 1.82) is 0 Å². The maximum atomic E-state index is 12.1. The van der Waals surface area contributed by atoms with Crippen molar-refractivity contribution in [3.8, 4) is 0 Å². The lowest BCUT2D eigenvalue weighted by Gasteiger charge is -2.34. The number of rotatable bonds is 3. The highest BCUT2D eigenvalue weighted by Gasteiger charge is 2.27. The first kappa shape index (κ1) is 16.9. The van der Waals surface area contributed by atoms with Crippen LogP contribution >= 0.6 is 11.6 Å². The van der Waals surface area contributed by atoms with E-state index in [4.69, 9.17) is 16.3 Å². The second-order valence-electron chi connectivity index (χ2n) is 6.83. The highest BCUT2D eigenvalue weighted by atomic mass is 35.5. The Morgan fingerprint density at radius 1 is 1.45 bits per heavy atom. The van der Waals surface area contributed by atoms with Gasteiger partial charge in [0.15, 0.2) is 0 Å². The number of hydrogen-bond donors (Lipinski definition) is 1. The summed E-state index contributed by atoms with van der Waals surface area (Å²) in [6, 6.07) is 7.70. The first-order valence-corrected chi connectivity index (χ1v) is 8.19. The fraction of sp³-hybridized carbons (Fsp3) is 0.588. The second-order valence-corrected chi connectivity index (χ2v) is 7.26. The van der Waals surface area contributed by atoms with Gasteiger partial charge < -0.3 is 15.0 Å². The van der Waals surface area contributed by atoms with E-state index in [0.29, 0.717) is 5.92 Å². The molecule has 1 aliphatic heterocycles. The number of piperidine rings is 1. The number of halogens is 1. The number of nitrogens with zero attached hydrogens (tertiary/aromatic N) is 1. The summed E-state index contributed by atoms with van der Waals surface area (Å²) in [4.78, 5) is 14.0. The lowest BCUT2D eigenvalue weighted by atomic mass is 9.98. The highest BCUT2D eigenvalue weighted by molar-refractivity contribution is 6.30. The summed E-state index contributed by atoms with van der Waals surface area (Å²) in [6.45, 7) is 8.04. The lowest BCUT2D eigenvalue weighted by Crippen LogP contribution is -2.44. The maximum absolute atomic E-state index is 12.1. The molecule has 1 aromatic rings. The van der Waals surface area contributed by atoms with Crippen LogP contribution < -0.4 is 5.32 Å². The SMILES string of the molecule is CC(C)(C)OC(=O)N1CCCC(CNc2cccc(Cl)c2)C1. The minimum absolute atomic E-state index is 0.208. The van der Waals surface area contributed by atoms with Crippen molar-refractivity contribution in [2.24, 2.45) is 5.92 Å². The van der Waals surface area contributed by atoms with Crippen LogP contribution in [0.2, 0.25) is 5.02 Å². The number of carbonyl (C=O) groups excluding carboxylic acids is 1. The molecule has 0 aliphatic carbocycles. The van der Waals surface area contributed by atoms with Crippen molar-refractivity contribution in [3.05, 3.63) is 29.3 Å². The van der Waals surface area contributed by atoms with E-state index in [9.17, 15) is 4.79 Å². The van der Waals surface area contributed by atoms with Gasteiger partial charge in [0.1, 0.15) is 5.60 Å². The number of benzene rings is 1. The van der Waals surface area contributed by atoms with E-state index in [-0.39, 0.29) is 6.09 Å². The number of ether oxygens (including phenoxy) is 1. The van der Waals surface area contributed by atoms with Crippen LogP contribution in [0.5, 0.6) is 0 Å². The van der Waals surface area contributed by atoms with Crippen LogP contribution in [0.25, 0.3) is 0 Å². The Hall–Kier alpha value is -1.42. The average molecular weight is 325 g/mol. The molecule has 0 saturated carbocycles. The third kappa shape index (κ3) is 5.41. The van der Waals surface area contributed by atoms with Gasteiger partial charge >= 0.3 is 6.09 Å². The number of nitrogens with one attached hydrogen (secondary N) is 1. The molecule has 0 spiro atoms. The summed E-state index contributed by atoms with van der Waals surface area (Å²) < 4.78 is 5.45. The average Bonchev–Trinajstić information content (AvgIpc) is 2.44. The molecular formula is C17H25ClN2O2. The number of carbonyl (C=O) groups is 1. The van der Waals surface area contributed by atoms with Gasteiger partial charge in [-0.1, -0.05) is 17.7 Å². The van der Waals surface area contributed by atoms with Gasteiger partial charge in [-0.05, 0) is 57.7 Å². The molecule has 22 heavy (non-hydrogen) atoms. The normalized spacial score (nSPS) is 18.9. The number of amides is 1. The summed E-state index contributed by atoms with van der Waals surface area (Å²) in [6.07, 6.45) is 1.92. The van der Waals surface area contributed by atoms with Gasteiger partial charge in [0.25, 0.3) is 0 Å². The minimum Gasteiger partial charge on any atom is -0.444 e. The van der Waals surface area contributed by atoms with Gasteiger partial charge in [-0.3, -0.25) is 0 Å². The molecule has 1 N–H and O–H groups in total. The summed E-state index contributed by atoms with van der Waals surface area (Å²) in [5.74, 6) is 0.431. The van der Waals surface area contributed by atoms with Crippen LogP contribution in [0, 0.1) is 5.92 Å². The van der Waals surface area contributed by atoms with Crippen molar-refractivity contribution in [2.45, 2.75) is 39.2 Å². The first-order valence-electron chi connectivity index (χ1n) is 7.81.